The van der Waals surface area contributed by atoms with E-state index in [9.17, 15) is 4.39 Å². The summed E-state index contributed by atoms with van der Waals surface area (Å²) in [4.78, 5) is 7.01. The van der Waals surface area contributed by atoms with Crippen LogP contribution in [0.3, 0.4) is 0 Å². The molecule has 1 atom stereocenters. The summed E-state index contributed by atoms with van der Waals surface area (Å²) in [5.74, 6) is 0.655. The van der Waals surface area contributed by atoms with Gasteiger partial charge in [0.15, 0.2) is 0 Å². The molecule has 3 aromatic rings. The van der Waals surface area contributed by atoms with Crippen LogP contribution in [-0.2, 0) is 13.0 Å². The summed E-state index contributed by atoms with van der Waals surface area (Å²) in [6, 6.07) is 22.4. The number of fused-ring (bicyclic) bond motifs is 2. The van der Waals surface area contributed by atoms with Crippen LogP contribution in [0, 0.1) is 5.82 Å². The molecule has 0 aliphatic carbocycles. The Balaban J connectivity index is 0.00000171. The first-order chi connectivity index (χ1) is 16.1. The van der Waals surface area contributed by atoms with Gasteiger partial charge in [0.1, 0.15) is 18.2 Å². The van der Waals surface area contributed by atoms with Gasteiger partial charge in [-0.2, -0.15) is 0 Å². The molecule has 0 spiro atoms. The SMILES string of the molecule is CN(C)c1ccc(CCN2CCCC2CN2c3cc(F)ccc3COc3ccccc32)cc1.Cl.Cl. The summed E-state index contributed by atoms with van der Waals surface area (Å²) in [6.45, 7) is 3.44. The number of para-hydroxylation sites is 2. The van der Waals surface area contributed by atoms with Crippen molar-refractivity contribution in [1.29, 1.82) is 0 Å². The second-order valence-electron chi connectivity index (χ2n) is 9.28. The van der Waals surface area contributed by atoms with Crippen LogP contribution < -0.4 is 14.5 Å². The topological polar surface area (TPSA) is 19.0 Å². The quantitative estimate of drug-likeness (QED) is 0.372. The largest absolute Gasteiger partial charge is 0.487 e. The molecule has 5 rings (SSSR count). The smallest absolute Gasteiger partial charge is 0.143 e. The highest BCUT2D eigenvalue weighted by atomic mass is 35.5. The van der Waals surface area contributed by atoms with Gasteiger partial charge in [-0.25, -0.2) is 4.39 Å². The van der Waals surface area contributed by atoms with Crippen LogP contribution in [0.2, 0.25) is 0 Å². The zero-order valence-electron chi connectivity index (χ0n) is 20.3. The van der Waals surface area contributed by atoms with Gasteiger partial charge in [0, 0.05) is 44.5 Å². The van der Waals surface area contributed by atoms with Crippen LogP contribution in [0.4, 0.5) is 21.5 Å². The molecule has 0 saturated carbocycles. The molecule has 0 aromatic heterocycles. The normalized spacial score (nSPS) is 16.8. The van der Waals surface area contributed by atoms with Crippen molar-refractivity contribution in [3.63, 3.8) is 0 Å². The zero-order chi connectivity index (χ0) is 22.8. The van der Waals surface area contributed by atoms with E-state index in [1.54, 1.807) is 6.07 Å². The number of hydrogen-bond acceptors (Lipinski definition) is 4. The molecule has 35 heavy (non-hydrogen) atoms. The molecule has 3 aromatic carbocycles. The molecule has 0 N–H and O–H groups in total. The lowest BCUT2D eigenvalue weighted by atomic mass is 10.1. The van der Waals surface area contributed by atoms with Crippen LogP contribution in [0.15, 0.2) is 66.7 Å². The van der Waals surface area contributed by atoms with E-state index in [4.69, 9.17) is 4.74 Å². The summed E-state index contributed by atoms with van der Waals surface area (Å²) in [6.07, 6.45) is 3.39. The lowest BCUT2D eigenvalue weighted by Crippen LogP contribution is -2.39. The Morgan fingerprint density at radius 1 is 0.971 bits per heavy atom. The van der Waals surface area contributed by atoms with Gasteiger partial charge in [0.2, 0.25) is 0 Å². The van der Waals surface area contributed by atoms with Crippen LogP contribution >= 0.6 is 24.8 Å². The van der Waals surface area contributed by atoms with E-state index in [2.05, 4.69) is 59.1 Å². The van der Waals surface area contributed by atoms with Crippen molar-refractivity contribution >= 4 is 41.9 Å². The summed E-state index contributed by atoms with van der Waals surface area (Å²) >= 11 is 0. The molecule has 7 heteroatoms. The van der Waals surface area contributed by atoms with E-state index in [-0.39, 0.29) is 30.6 Å². The number of anilines is 3. The number of hydrogen-bond donors (Lipinski definition) is 0. The van der Waals surface area contributed by atoms with Crippen molar-refractivity contribution in [1.82, 2.24) is 4.90 Å². The van der Waals surface area contributed by atoms with Crippen molar-refractivity contribution in [2.45, 2.75) is 31.9 Å². The lowest BCUT2D eigenvalue weighted by molar-refractivity contribution is 0.261. The third-order valence-electron chi connectivity index (χ3n) is 6.91. The van der Waals surface area contributed by atoms with E-state index in [0.717, 1.165) is 55.2 Å². The van der Waals surface area contributed by atoms with E-state index >= 15 is 0 Å². The minimum atomic E-state index is -0.206. The van der Waals surface area contributed by atoms with Gasteiger partial charge in [-0.15, -0.1) is 24.8 Å². The van der Waals surface area contributed by atoms with E-state index in [1.165, 1.54) is 23.7 Å². The Hall–Kier alpha value is -2.47. The van der Waals surface area contributed by atoms with E-state index in [0.29, 0.717) is 12.6 Å². The summed E-state index contributed by atoms with van der Waals surface area (Å²) < 4.78 is 20.4. The van der Waals surface area contributed by atoms with Crippen molar-refractivity contribution in [2.75, 3.05) is 43.5 Å². The Bertz CT molecular complexity index is 1110. The maximum Gasteiger partial charge on any atom is 0.143 e. The minimum absolute atomic E-state index is 0. The molecular formula is C28H34Cl2FN3O. The van der Waals surface area contributed by atoms with Crippen molar-refractivity contribution in [3.8, 4) is 5.75 Å². The fourth-order valence-corrected chi connectivity index (χ4v) is 5.03. The molecule has 2 aliphatic rings. The molecule has 0 amide bonds. The number of ether oxygens (including phenoxy) is 1. The second kappa shape index (κ2) is 12.0. The van der Waals surface area contributed by atoms with Gasteiger partial charge < -0.3 is 14.5 Å². The zero-order valence-corrected chi connectivity index (χ0v) is 22.0. The maximum absolute atomic E-state index is 14.3. The van der Waals surface area contributed by atoms with E-state index < -0.39 is 0 Å². The molecule has 188 valence electrons. The van der Waals surface area contributed by atoms with Gasteiger partial charge in [-0.05, 0) is 67.8 Å². The molecule has 2 heterocycles. The van der Waals surface area contributed by atoms with Gasteiger partial charge in [-0.3, -0.25) is 4.90 Å². The van der Waals surface area contributed by atoms with Crippen LogP contribution in [0.5, 0.6) is 5.75 Å². The minimum Gasteiger partial charge on any atom is -0.487 e. The molecule has 1 fully saturated rings. The highest BCUT2D eigenvalue weighted by Crippen LogP contribution is 2.40. The third-order valence-corrected chi connectivity index (χ3v) is 6.91. The fraction of sp³-hybridized carbons (Fsp3) is 0.357. The van der Waals surface area contributed by atoms with Gasteiger partial charge >= 0.3 is 0 Å². The average Bonchev–Trinajstić information content (AvgIpc) is 3.21. The van der Waals surface area contributed by atoms with Crippen molar-refractivity contribution < 1.29 is 9.13 Å². The van der Waals surface area contributed by atoms with Crippen LogP contribution in [0.1, 0.15) is 24.0 Å². The standard InChI is InChI=1S/C28H32FN3O.2ClH/c1-30(2)24-13-9-21(10-14-24)15-17-31-16-5-6-25(31)19-32-26-7-3-4-8-28(26)33-20-22-11-12-23(29)18-27(22)32;;/h3-4,7-14,18,25H,5-6,15-17,19-20H2,1-2H3;2*1H. The molecule has 2 aliphatic heterocycles. The number of benzene rings is 3. The van der Waals surface area contributed by atoms with Gasteiger partial charge in [0.25, 0.3) is 0 Å². The molecule has 0 bridgehead atoms. The number of rotatable bonds is 6. The Kier molecular flexibility index (Phi) is 9.28. The van der Waals surface area contributed by atoms with Crippen molar-refractivity contribution in [2.24, 2.45) is 0 Å². The summed E-state index contributed by atoms with van der Waals surface area (Å²) in [7, 11) is 4.14. The predicted octanol–water partition coefficient (Wildman–Crippen LogP) is 6.47. The lowest BCUT2D eigenvalue weighted by Gasteiger charge is -2.32. The average molecular weight is 519 g/mol. The Labute approximate surface area is 220 Å². The first-order valence-corrected chi connectivity index (χ1v) is 11.9. The highest BCUT2D eigenvalue weighted by Gasteiger charge is 2.30. The van der Waals surface area contributed by atoms with Gasteiger partial charge in [-0.1, -0.05) is 30.3 Å². The molecule has 0 radical (unpaired) electrons. The second-order valence-corrected chi connectivity index (χ2v) is 9.28. The van der Waals surface area contributed by atoms with Crippen LogP contribution in [0.25, 0.3) is 0 Å². The Morgan fingerprint density at radius 3 is 2.51 bits per heavy atom. The maximum atomic E-state index is 14.3. The monoisotopic (exact) mass is 517 g/mol. The highest BCUT2D eigenvalue weighted by molar-refractivity contribution is 5.85. The summed E-state index contributed by atoms with van der Waals surface area (Å²) in [5.41, 5.74) is 5.56. The van der Waals surface area contributed by atoms with Gasteiger partial charge in [0.05, 0.1) is 11.4 Å². The molecule has 4 nitrogen and oxygen atoms in total. The number of nitrogens with zero attached hydrogens (tertiary/aromatic N) is 3. The molecule has 1 unspecified atom stereocenters. The number of halogens is 3. The summed E-state index contributed by atoms with van der Waals surface area (Å²) in [5, 5.41) is 0. The first kappa shape index (κ1) is 27.1. The Morgan fingerprint density at radius 2 is 1.74 bits per heavy atom. The third kappa shape index (κ3) is 6.03. The first-order valence-electron chi connectivity index (χ1n) is 11.9. The van der Waals surface area contributed by atoms with Crippen LogP contribution in [-0.4, -0.2) is 44.7 Å². The predicted molar refractivity (Wildman–Crippen MR) is 148 cm³/mol. The number of likely N-dealkylation sites (tertiary alicyclic amines) is 1. The van der Waals surface area contributed by atoms with E-state index in [1.807, 2.05) is 24.3 Å². The fourth-order valence-electron chi connectivity index (χ4n) is 5.03. The van der Waals surface area contributed by atoms with Crippen molar-refractivity contribution in [3.05, 3.63) is 83.7 Å². The molecule has 1 saturated heterocycles. The molecular weight excluding hydrogens is 484 g/mol.